The molecule has 0 spiro atoms. The van der Waals surface area contributed by atoms with E-state index in [-0.39, 0.29) is 23.3 Å². The van der Waals surface area contributed by atoms with E-state index in [1.54, 1.807) is 29.5 Å². The molecule has 0 saturated carbocycles. The summed E-state index contributed by atoms with van der Waals surface area (Å²) in [5.41, 5.74) is 1.22. The summed E-state index contributed by atoms with van der Waals surface area (Å²) in [7, 11) is 0. The minimum absolute atomic E-state index is 0.00981. The highest BCUT2D eigenvalue weighted by Gasteiger charge is 2.17. The first-order valence-corrected chi connectivity index (χ1v) is 6.83. The van der Waals surface area contributed by atoms with Crippen LogP contribution in [0.2, 0.25) is 0 Å². The number of hydrogen-bond donors (Lipinski definition) is 2. The van der Waals surface area contributed by atoms with Gasteiger partial charge in [0.15, 0.2) is 0 Å². The Kier molecular flexibility index (Phi) is 3.85. The van der Waals surface area contributed by atoms with Crippen LogP contribution in [0.5, 0.6) is 5.75 Å². The Hall–Kier alpha value is -1.88. The average molecular weight is 276 g/mol. The second-order valence-corrected chi connectivity index (χ2v) is 5.63. The molecule has 0 aliphatic rings. The third kappa shape index (κ3) is 2.93. The van der Waals surface area contributed by atoms with E-state index in [9.17, 15) is 9.90 Å². The summed E-state index contributed by atoms with van der Waals surface area (Å²) >= 11 is 1.58. The number of carbonyl (C=O) groups excluding carboxylic acids is 1. The van der Waals surface area contributed by atoms with Gasteiger partial charge in [-0.05, 0) is 32.9 Å². The van der Waals surface area contributed by atoms with Crippen molar-refractivity contribution in [3.05, 3.63) is 45.4 Å². The molecule has 0 saturated heterocycles. The Balaban J connectivity index is 2.15. The standard InChI is InChI=1S/C14H16N2O2S/c1-8-13(19-10(3)15-8)9(2)16-14(18)11-6-4-5-7-12(11)17/h4-7,9,17H,1-3H3,(H,16,18). The molecule has 1 amide bonds. The van der Waals surface area contributed by atoms with E-state index < -0.39 is 0 Å². The van der Waals surface area contributed by atoms with Gasteiger partial charge in [0.05, 0.1) is 22.3 Å². The van der Waals surface area contributed by atoms with E-state index in [0.717, 1.165) is 15.6 Å². The van der Waals surface area contributed by atoms with Crippen LogP contribution in [-0.2, 0) is 0 Å². The van der Waals surface area contributed by atoms with Crippen molar-refractivity contribution in [1.82, 2.24) is 10.3 Å². The number of thiazole rings is 1. The van der Waals surface area contributed by atoms with Crippen molar-refractivity contribution in [3.63, 3.8) is 0 Å². The predicted molar refractivity (Wildman–Crippen MR) is 75.6 cm³/mol. The fourth-order valence-electron chi connectivity index (χ4n) is 1.95. The average Bonchev–Trinajstić information content (AvgIpc) is 2.69. The van der Waals surface area contributed by atoms with E-state index in [2.05, 4.69) is 10.3 Å². The number of benzene rings is 1. The van der Waals surface area contributed by atoms with Crippen LogP contribution in [0, 0.1) is 13.8 Å². The second-order valence-electron chi connectivity index (χ2n) is 4.39. The molecular weight excluding hydrogens is 260 g/mol. The van der Waals surface area contributed by atoms with E-state index in [1.165, 1.54) is 6.07 Å². The van der Waals surface area contributed by atoms with Gasteiger partial charge in [-0.1, -0.05) is 12.1 Å². The van der Waals surface area contributed by atoms with Crippen LogP contribution in [0.1, 0.15) is 38.9 Å². The van der Waals surface area contributed by atoms with Crippen LogP contribution in [-0.4, -0.2) is 16.0 Å². The first kappa shape index (κ1) is 13.5. The minimum atomic E-state index is -0.281. The van der Waals surface area contributed by atoms with Gasteiger partial charge in [0.1, 0.15) is 5.75 Å². The highest BCUT2D eigenvalue weighted by atomic mass is 32.1. The summed E-state index contributed by atoms with van der Waals surface area (Å²) in [6, 6.07) is 6.38. The summed E-state index contributed by atoms with van der Waals surface area (Å²) in [4.78, 5) is 17.5. The minimum Gasteiger partial charge on any atom is -0.507 e. The molecule has 4 nitrogen and oxygen atoms in total. The van der Waals surface area contributed by atoms with Crippen molar-refractivity contribution in [3.8, 4) is 5.75 Å². The van der Waals surface area contributed by atoms with Gasteiger partial charge in [0, 0.05) is 4.88 Å². The normalized spacial score (nSPS) is 12.2. The number of nitrogens with one attached hydrogen (secondary N) is 1. The van der Waals surface area contributed by atoms with Crippen molar-refractivity contribution in [1.29, 1.82) is 0 Å². The molecule has 19 heavy (non-hydrogen) atoms. The van der Waals surface area contributed by atoms with E-state index in [4.69, 9.17) is 0 Å². The summed E-state index contributed by atoms with van der Waals surface area (Å²) in [5, 5.41) is 13.5. The van der Waals surface area contributed by atoms with Gasteiger partial charge >= 0.3 is 0 Å². The zero-order valence-electron chi connectivity index (χ0n) is 11.1. The van der Waals surface area contributed by atoms with Crippen LogP contribution in [0.3, 0.4) is 0 Å². The van der Waals surface area contributed by atoms with Gasteiger partial charge in [-0.3, -0.25) is 4.79 Å². The highest BCUT2D eigenvalue weighted by Crippen LogP contribution is 2.25. The molecule has 0 aliphatic heterocycles. The van der Waals surface area contributed by atoms with Crippen LogP contribution >= 0.6 is 11.3 Å². The Morgan fingerprint density at radius 1 is 1.37 bits per heavy atom. The lowest BCUT2D eigenvalue weighted by atomic mass is 10.1. The largest absolute Gasteiger partial charge is 0.507 e. The van der Waals surface area contributed by atoms with Gasteiger partial charge in [-0.2, -0.15) is 0 Å². The first-order valence-electron chi connectivity index (χ1n) is 6.02. The Morgan fingerprint density at radius 3 is 2.63 bits per heavy atom. The number of hydrogen-bond acceptors (Lipinski definition) is 4. The monoisotopic (exact) mass is 276 g/mol. The molecule has 5 heteroatoms. The number of phenolic OH excluding ortho intramolecular Hbond substituents is 1. The summed E-state index contributed by atoms with van der Waals surface area (Å²) in [6.07, 6.45) is 0. The maximum absolute atomic E-state index is 12.1. The SMILES string of the molecule is Cc1nc(C)c(C(C)NC(=O)c2ccccc2O)s1. The molecule has 2 N–H and O–H groups in total. The molecule has 1 unspecified atom stereocenters. The van der Waals surface area contributed by atoms with E-state index in [0.29, 0.717) is 0 Å². The Labute approximate surface area is 116 Å². The molecule has 0 aliphatic carbocycles. The molecule has 0 bridgehead atoms. The number of para-hydroxylation sites is 1. The number of aromatic hydroxyl groups is 1. The van der Waals surface area contributed by atoms with Gasteiger partial charge in [-0.15, -0.1) is 11.3 Å². The van der Waals surface area contributed by atoms with Crippen molar-refractivity contribution in [2.75, 3.05) is 0 Å². The third-order valence-corrected chi connectivity index (χ3v) is 4.08. The molecule has 1 aromatic heterocycles. The third-order valence-electron chi connectivity index (χ3n) is 2.83. The van der Waals surface area contributed by atoms with Gasteiger partial charge < -0.3 is 10.4 Å². The molecule has 100 valence electrons. The molecule has 0 fully saturated rings. The van der Waals surface area contributed by atoms with Gasteiger partial charge in [0.25, 0.3) is 5.91 Å². The summed E-state index contributed by atoms with van der Waals surface area (Å²) in [6.45, 7) is 5.79. The molecule has 2 aromatic rings. The molecule has 1 atom stereocenters. The van der Waals surface area contributed by atoms with Crippen molar-refractivity contribution < 1.29 is 9.90 Å². The van der Waals surface area contributed by atoms with Gasteiger partial charge in [0.2, 0.25) is 0 Å². The predicted octanol–water partition coefficient (Wildman–Crippen LogP) is 2.96. The zero-order valence-corrected chi connectivity index (χ0v) is 11.9. The van der Waals surface area contributed by atoms with Crippen LogP contribution in [0.25, 0.3) is 0 Å². The first-order chi connectivity index (χ1) is 8.99. The summed E-state index contributed by atoms with van der Waals surface area (Å²) in [5.74, 6) is -0.291. The lowest BCUT2D eigenvalue weighted by Crippen LogP contribution is -2.26. The maximum atomic E-state index is 12.1. The number of nitrogens with zero attached hydrogens (tertiary/aromatic N) is 1. The molecule has 1 heterocycles. The van der Waals surface area contributed by atoms with Crippen molar-refractivity contribution in [2.45, 2.75) is 26.8 Å². The van der Waals surface area contributed by atoms with Crippen molar-refractivity contribution >= 4 is 17.2 Å². The van der Waals surface area contributed by atoms with Crippen LogP contribution in [0.4, 0.5) is 0 Å². The lowest BCUT2D eigenvalue weighted by Gasteiger charge is -2.13. The maximum Gasteiger partial charge on any atom is 0.255 e. The second kappa shape index (κ2) is 5.40. The van der Waals surface area contributed by atoms with Gasteiger partial charge in [-0.25, -0.2) is 4.98 Å². The quantitative estimate of drug-likeness (QED) is 0.906. The topological polar surface area (TPSA) is 62.2 Å². The van der Waals surface area contributed by atoms with Crippen LogP contribution < -0.4 is 5.32 Å². The number of amides is 1. The number of phenols is 1. The Bertz CT molecular complexity index is 607. The number of aryl methyl sites for hydroxylation is 2. The number of carbonyl (C=O) groups is 1. The van der Waals surface area contributed by atoms with Crippen molar-refractivity contribution in [2.24, 2.45) is 0 Å². The number of aromatic nitrogens is 1. The molecular formula is C14H16N2O2S. The van der Waals surface area contributed by atoms with E-state index >= 15 is 0 Å². The molecule has 2 rings (SSSR count). The Morgan fingerprint density at radius 2 is 2.05 bits per heavy atom. The fourth-order valence-corrected chi connectivity index (χ4v) is 2.88. The summed E-state index contributed by atoms with van der Waals surface area (Å²) < 4.78 is 0. The zero-order chi connectivity index (χ0) is 14.0. The highest BCUT2D eigenvalue weighted by molar-refractivity contribution is 7.11. The lowest BCUT2D eigenvalue weighted by molar-refractivity contribution is 0.0938. The van der Waals surface area contributed by atoms with Crippen LogP contribution in [0.15, 0.2) is 24.3 Å². The number of rotatable bonds is 3. The molecule has 0 radical (unpaired) electrons. The molecule has 1 aromatic carbocycles. The fraction of sp³-hybridized carbons (Fsp3) is 0.286. The van der Waals surface area contributed by atoms with E-state index in [1.807, 2.05) is 20.8 Å². The smallest absolute Gasteiger partial charge is 0.255 e.